The highest BCUT2D eigenvalue weighted by atomic mass is 16.3. The fraction of sp³-hybridized carbons (Fsp3) is 0.615. The third kappa shape index (κ3) is 4.16. The van der Waals surface area contributed by atoms with Gasteiger partial charge in [-0.25, -0.2) is 9.97 Å². The summed E-state index contributed by atoms with van der Waals surface area (Å²) in [5.74, 6) is 2.20. The van der Waals surface area contributed by atoms with Gasteiger partial charge in [0.25, 0.3) is 0 Å². The Balaban J connectivity index is 1.16. The van der Waals surface area contributed by atoms with Crippen molar-refractivity contribution in [2.24, 2.45) is 0 Å². The Morgan fingerprint density at radius 2 is 2.06 bits per heavy atom. The summed E-state index contributed by atoms with van der Waals surface area (Å²) < 4.78 is 0. The fourth-order valence-corrected chi connectivity index (χ4v) is 6.53. The number of amides is 1. The number of β-amino-alcohol motifs (C(OH)–C–C–N with tert-alkyl or cyclic N) is 1. The number of nitrogens with zero attached hydrogens (tertiary/aromatic N) is 6. The molecule has 0 bridgehead atoms. The average molecular weight is 493 g/mol. The van der Waals surface area contributed by atoms with Crippen molar-refractivity contribution in [1.29, 1.82) is 0 Å². The zero-order valence-corrected chi connectivity index (χ0v) is 21.2. The summed E-state index contributed by atoms with van der Waals surface area (Å²) in [6.07, 6.45) is 8.67. The number of pyridine rings is 1. The van der Waals surface area contributed by atoms with Crippen LogP contribution in [-0.2, 0) is 11.2 Å². The van der Waals surface area contributed by atoms with E-state index >= 15 is 0 Å². The zero-order chi connectivity index (χ0) is 24.9. The molecule has 1 spiro atoms. The molecule has 2 aromatic heterocycles. The van der Waals surface area contributed by atoms with Crippen LogP contribution in [0.2, 0.25) is 0 Å². The first-order valence-corrected chi connectivity index (χ1v) is 13.2. The van der Waals surface area contributed by atoms with Gasteiger partial charge in [-0.1, -0.05) is 12.8 Å². The van der Waals surface area contributed by atoms with Crippen LogP contribution >= 0.6 is 0 Å². The number of hydrogen-bond donors (Lipinski definition) is 3. The Morgan fingerprint density at radius 1 is 1.22 bits per heavy atom. The van der Waals surface area contributed by atoms with Crippen molar-refractivity contribution < 1.29 is 9.90 Å². The van der Waals surface area contributed by atoms with Crippen molar-refractivity contribution in [2.75, 3.05) is 47.8 Å². The Labute approximate surface area is 212 Å². The van der Waals surface area contributed by atoms with Crippen molar-refractivity contribution >= 4 is 29.2 Å². The second-order valence-electron chi connectivity index (χ2n) is 10.9. The molecule has 10 nitrogen and oxygen atoms in total. The minimum absolute atomic E-state index is 0.0221. The average Bonchev–Trinajstić information content (AvgIpc) is 3.49. The highest BCUT2D eigenvalue weighted by Crippen LogP contribution is 2.45. The predicted octanol–water partition coefficient (Wildman–Crippen LogP) is 1.68. The molecule has 1 saturated carbocycles. The first-order chi connectivity index (χ1) is 17.4. The molecule has 3 fully saturated rings. The SMILES string of the molecule is C[C@@H](O)CN1CCN(c2ccc(Nc3ncc4c(n3)N3C(C4)C(=O)NCC34CCCC4)nc2)C[C@@H]1C. The molecule has 1 unspecified atom stereocenters. The number of rotatable bonds is 5. The number of aliphatic hydroxyl groups excluding tert-OH is 1. The van der Waals surface area contributed by atoms with E-state index in [4.69, 9.17) is 4.98 Å². The smallest absolute Gasteiger partial charge is 0.243 e. The first kappa shape index (κ1) is 23.4. The van der Waals surface area contributed by atoms with E-state index in [-0.39, 0.29) is 23.6 Å². The molecular formula is C26H36N8O2. The second-order valence-corrected chi connectivity index (χ2v) is 10.9. The van der Waals surface area contributed by atoms with Gasteiger partial charge in [0.15, 0.2) is 0 Å². The highest BCUT2D eigenvalue weighted by molar-refractivity contribution is 5.90. The summed E-state index contributed by atoms with van der Waals surface area (Å²) in [5.41, 5.74) is 2.11. The Hall–Kier alpha value is -2.98. The summed E-state index contributed by atoms with van der Waals surface area (Å²) in [6, 6.07) is 4.24. The molecule has 4 aliphatic rings. The standard InChI is InChI=1S/C26H36N8O2/c1-17-14-33(10-9-32(17)15-18(2)35)20-5-6-22(27-13-20)30-25-28-12-19-11-21-24(36)29-16-26(7-3-4-8-26)34(21)23(19)31-25/h5-6,12-13,17-18,21,35H,3-4,7-11,14-16H2,1-2H3,(H,29,36)(H,27,28,30,31)/t17-,18+,21?/m0/s1. The molecule has 3 N–H and O–H groups in total. The summed E-state index contributed by atoms with van der Waals surface area (Å²) >= 11 is 0. The molecule has 5 heterocycles. The number of carbonyl (C=O) groups excluding carboxylic acids is 1. The quantitative estimate of drug-likeness (QED) is 0.574. The molecule has 36 heavy (non-hydrogen) atoms. The van der Waals surface area contributed by atoms with Crippen LogP contribution in [0.5, 0.6) is 0 Å². The minimum atomic E-state index is -0.311. The van der Waals surface area contributed by atoms with E-state index in [1.54, 1.807) is 0 Å². The molecule has 0 aromatic carbocycles. The molecule has 2 aromatic rings. The van der Waals surface area contributed by atoms with Gasteiger partial charge >= 0.3 is 0 Å². The zero-order valence-electron chi connectivity index (χ0n) is 21.2. The van der Waals surface area contributed by atoms with E-state index in [2.05, 4.69) is 48.3 Å². The summed E-state index contributed by atoms with van der Waals surface area (Å²) in [7, 11) is 0. The van der Waals surface area contributed by atoms with Crippen LogP contribution in [0.1, 0.15) is 45.1 Å². The maximum atomic E-state index is 12.7. The van der Waals surface area contributed by atoms with E-state index in [1.165, 1.54) is 12.8 Å². The van der Waals surface area contributed by atoms with Crippen molar-refractivity contribution in [2.45, 2.75) is 69.7 Å². The maximum absolute atomic E-state index is 12.7. The molecule has 3 aliphatic heterocycles. The van der Waals surface area contributed by atoms with Crippen LogP contribution < -0.4 is 20.4 Å². The van der Waals surface area contributed by atoms with Crippen LogP contribution in [0.4, 0.5) is 23.3 Å². The highest BCUT2D eigenvalue weighted by Gasteiger charge is 2.52. The van der Waals surface area contributed by atoms with Gasteiger partial charge in [-0.05, 0) is 38.8 Å². The van der Waals surface area contributed by atoms with Gasteiger partial charge < -0.3 is 25.5 Å². The summed E-state index contributed by atoms with van der Waals surface area (Å²) in [4.78, 5) is 33.7. The molecular weight excluding hydrogens is 456 g/mol. The summed E-state index contributed by atoms with van der Waals surface area (Å²) in [5, 5.41) is 16.1. The van der Waals surface area contributed by atoms with Crippen LogP contribution in [0.25, 0.3) is 0 Å². The van der Waals surface area contributed by atoms with Gasteiger partial charge in [0.1, 0.15) is 17.7 Å². The van der Waals surface area contributed by atoms with Gasteiger partial charge in [-0.3, -0.25) is 9.69 Å². The lowest BCUT2D eigenvalue weighted by Gasteiger charge is -2.47. The topological polar surface area (TPSA) is 110 Å². The van der Waals surface area contributed by atoms with Gasteiger partial charge in [0, 0.05) is 56.9 Å². The Kier molecular flexibility index (Phi) is 5.95. The monoisotopic (exact) mass is 492 g/mol. The molecule has 1 aliphatic carbocycles. The first-order valence-electron chi connectivity index (χ1n) is 13.2. The number of hydrogen-bond acceptors (Lipinski definition) is 9. The fourth-order valence-electron chi connectivity index (χ4n) is 6.53. The molecule has 6 rings (SSSR count). The van der Waals surface area contributed by atoms with Crippen molar-refractivity contribution in [3.05, 3.63) is 30.1 Å². The number of aromatic nitrogens is 3. The minimum Gasteiger partial charge on any atom is -0.392 e. The molecule has 1 amide bonds. The number of piperazine rings is 2. The van der Waals surface area contributed by atoms with Crippen LogP contribution in [0.15, 0.2) is 24.5 Å². The van der Waals surface area contributed by atoms with Crippen molar-refractivity contribution in [3.63, 3.8) is 0 Å². The number of nitrogens with one attached hydrogen (secondary N) is 2. The normalized spacial score (nSPS) is 26.0. The van der Waals surface area contributed by atoms with Gasteiger partial charge in [-0.2, -0.15) is 4.98 Å². The molecule has 10 heteroatoms. The second kappa shape index (κ2) is 9.15. The largest absolute Gasteiger partial charge is 0.392 e. The van der Waals surface area contributed by atoms with Gasteiger partial charge in [0.2, 0.25) is 11.9 Å². The number of carbonyl (C=O) groups is 1. The lowest BCUT2D eigenvalue weighted by molar-refractivity contribution is -0.124. The number of fused-ring (bicyclic) bond motifs is 4. The van der Waals surface area contributed by atoms with Crippen molar-refractivity contribution in [1.82, 2.24) is 25.2 Å². The van der Waals surface area contributed by atoms with E-state index in [0.717, 1.165) is 49.5 Å². The third-order valence-electron chi connectivity index (χ3n) is 8.35. The van der Waals surface area contributed by atoms with Crippen molar-refractivity contribution in [3.8, 4) is 0 Å². The van der Waals surface area contributed by atoms with E-state index in [1.807, 2.05) is 25.4 Å². The van der Waals surface area contributed by atoms with E-state index in [9.17, 15) is 9.90 Å². The molecule has 3 atom stereocenters. The van der Waals surface area contributed by atoms with E-state index < -0.39 is 0 Å². The lowest BCUT2D eigenvalue weighted by Crippen LogP contribution is -2.66. The van der Waals surface area contributed by atoms with Gasteiger partial charge in [0.05, 0.1) is 23.5 Å². The predicted molar refractivity (Wildman–Crippen MR) is 139 cm³/mol. The Morgan fingerprint density at radius 3 is 2.78 bits per heavy atom. The van der Waals surface area contributed by atoms with E-state index in [0.29, 0.717) is 37.3 Å². The maximum Gasteiger partial charge on any atom is 0.243 e. The summed E-state index contributed by atoms with van der Waals surface area (Å²) in [6.45, 7) is 8.19. The number of anilines is 4. The Bertz CT molecular complexity index is 1120. The molecule has 2 saturated heterocycles. The number of aliphatic hydroxyl groups is 1. The van der Waals surface area contributed by atoms with Crippen LogP contribution in [-0.4, -0.2) is 87.3 Å². The van der Waals surface area contributed by atoms with Crippen LogP contribution in [0, 0.1) is 0 Å². The lowest BCUT2D eigenvalue weighted by atomic mass is 9.90. The molecule has 0 radical (unpaired) electrons. The third-order valence-corrected chi connectivity index (χ3v) is 8.35. The van der Waals surface area contributed by atoms with Crippen LogP contribution in [0.3, 0.4) is 0 Å². The molecule has 192 valence electrons. The van der Waals surface area contributed by atoms with Gasteiger partial charge in [-0.15, -0.1) is 0 Å².